The third-order valence-corrected chi connectivity index (χ3v) is 4.26. The van der Waals surface area contributed by atoms with Gasteiger partial charge in [0.2, 0.25) is 5.91 Å². The van der Waals surface area contributed by atoms with Crippen LogP contribution in [0, 0.1) is 0 Å². The van der Waals surface area contributed by atoms with Crippen molar-refractivity contribution >= 4 is 33.6 Å². The number of nitrogens with two attached hydrogens (primary N) is 2. The van der Waals surface area contributed by atoms with Gasteiger partial charge in [0.1, 0.15) is 16.0 Å². The summed E-state index contributed by atoms with van der Waals surface area (Å²) < 4.78 is 6.99. The largest absolute Gasteiger partial charge is 0.383 e. The molecule has 4 N–H and O–H groups in total. The normalized spacial score (nSPS) is 21.1. The van der Waals surface area contributed by atoms with Crippen LogP contribution in [-0.2, 0) is 9.53 Å². The zero-order valence-corrected chi connectivity index (χ0v) is 13.7. The molecule has 22 heavy (non-hydrogen) atoms. The van der Waals surface area contributed by atoms with Crippen molar-refractivity contribution in [2.45, 2.75) is 18.5 Å². The number of methoxy groups -OCH3 is 1. The minimum atomic E-state index is -0.652. The van der Waals surface area contributed by atoms with E-state index in [0.29, 0.717) is 24.2 Å². The van der Waals surface area contributed by atoms with Crippen molar-refractivity contribution in [3.8, 4) is 0 Å². The molecule has 0 spiro atoms. The molecule has 0 saturated carbocycles. The molecule has 120 valence electrons. The summed E-state index contributed by atoms with van der Waals surface area (Å²) >= 11 is 3.19. The van der Waals surface area contributed by atoms with Gasteiger partial charge in [0.05, 0.1) is 18.7 Å². The van der Waals surface area contributed by atoms with E-state index in [4.69, 9.17) is 16.2 Å². The van der Waals surface area contributed by atoms with Crippen LogP contribution in [0.25, 0.3) is 0 Å². The maximum absolute atomic E-state index is 11.9. The Morgan fingerprint density at radius 3 is 2.77 bits per heavy atom. The Morgan fingerprint density at radius 1 is 1.59 bits per heavy atom. The van der Waals surface area contributed by atoms with E-state index in [-0.39, 0.29) is 29.4 Å². The predicted molar refractivity (Wildman–Crippen MR) is 84.1 cm³/mol. The smallest absolute Gasteiger partial charge is 0.255 e. The van der Waals surface area contributed by atoms with Crippen molar-refractivity contribution in [3.63, 3.8) is 0 Å². The summed E-state index contributed by atoms with van der Waals surface area (Å²) in [7, 11) is 1.58. The third-order valence-electron chi connectivity index (χ3n) is 3.71. The highest BCUT2D eigenvalue weighted by Crippen LogP contribution is 2.32. The van der Waals surface area contributed by atoms with Gasteiger partial charge in [0.25, 0.3) is 5.91 Å². The number of rotatable bonds is 5. The van der Waals surface area contributed by atoms with Crippen molar-refractivity contribution in [3.05, 3.63) is 22.8 Å². The van der Waals surface area contributed by atoms with Gasteiger partial charge in [-0.2, -0.15) is 5.10 Å². The number of aromatic nitrogens is 2. The number of primary amides is 1. The molecule has 2 heterocycles. The van der Waals surface area contributed by atoms with E-state index >= 15 is 0 Å². The highest BCUT2D eigenvalue weighted by molar-refractivity contribution is 9.10. The standard InChI is InChI=1S/C13H18BrN5O3/c1-3-9(20)18-5-7(4-8(18)6-22-2)19-12(15)10(13(16)21)11(14)17-19/h3,7-8H,1,4-6,15H2,2H3,(H2,16,21)/t7-,8+/m0/s1. The van der Waals surface area contributed by atoms with Gasteiger partial charge in [0, 0.05) is 13.7 Å². The Morgan fingerprint density at radius 2 is 2.27 bits per heavy atom. The zero-order valence-electron chi connectivity index (χ0n) is 12.2. The van der Waals surface area contributed by atoms with Gasteiger partial charge in [-0.3, -0.25) is 9.59 Å². The first-order valence-electron chi connectivity index (χ1n) is 6.65. The average Bonchev–Trinajstić information content (AvgIpc) is 2.99. The lowest BCUT2D eigenvalue weighted by atomic mass is 10.2. The minimum Gasteiger partial charge on any atom is -0.383 e. The quantitative estimate of drug-likeness (QED) is 0.722. The molecular formula is C13H18BrN5O3. The molecule has 1 saturated heterocycles. The van der Waals surface area contributed by atoms with E-state index < -0.39 is 5.91 Å². The van der Waals surface area contributed by atoms with Crippen LogP contribution < -0.4 is 11.5 Å². The summed E-state index contributed by atoms with van der Waals surface area (Å²) in [5.74, 6) is -0.640. The lowest BCUT2D eigenvalue weighted by Crippen LogP contribution is -2.37. The Bertz CT molecular complexity index is 615. The number of halogens is 1. The molecule has 1 aliphatic rings. The van der Waals surface area contributed by atoms with E-state index in [9.17, 15) is 9.59 Å². The Labute approximate surface area is 136 Å². The Hall–Kier alpha value is -1.87. The van der Waals surface area contributed by atoms with Gasteiger partial charge in [-0.05, 0) is 28.4 Å². The zero-order chi connectivity index (χ0) is 16.4. The van der Waals surface area contributed by atoms with Crippen LogP contribution in [0.2, 0.25) is 0 Å². The number of hydrogen-bond acceptors (Lipinski definition) is 5. The van der Waals surface area contributed by atoms with E-state index in [0.717, 1.165) is 0 Å². The Balaban J connectivity index is 2.31. The fraction of sp³-hybridized carbons (Fsp3) is 0.462. The van der Waals surface area contributed by atoms with Crippen LogP contribution in [0.1, 0.15) is 22.8 Å². The molecule has 0 aliphatic carbocycles. The Kier molecular flexibility index (Phi) is 4.87. The molecule has 2 rings (SSSR count). The molecule has 0 unspecified atom stereocenters. The first-order valence-corrected chi connectivity index (χ1v) is 7.45. The number of anilines is 1. The number of hydrogen-bond donors (Lipinski definition) is 2. The maximum atomic E-state index is 11.9. The summed E-state index contributed by atoms with van der Waals surface area (Å²) in [6.45, 7) is 4.32. The van der Waals surface area contributed by atoms with Crippen LogP contribution in [0.3, 0.4) is 0 Å². The number of ether oxygens (including phenoxy) is 1. The van der Waals surface area contributed by atoms with Gasteiger partial charge in [0.15, 0.2) is 0 Å². The fourth-order valence-corrected chi connectivity index (χ4v) is 3.30. The van der Waals surface area contributed by atoms with Gasteiger partial charge >= 0.3 is 0 Å². The lowest BCUT2D eigenvalue weighted by molar-refractivity contribution is -0.127. The number of carbonyl (C=O) groups is 2. The topological polar surface area (TPSA) is 116 Å². The van der Waals surface area contributed by atoms with E-state index in [2.05, 4.69) is 27.6 Å². The third kappa shape index (κ3) is 2.86. The number of likely N-dealkylation sites (tertiary alicyclic amines) is 1. The number of amides is 2. The van der Waals surface area contributed by atoms with E-state index in [1.165, 1.54) is 10.8 Å². The van der Waals surface area contributed by atoms with Crippen LogP contribution >= 0.6 is 15.9 Å². The monoisotopic (exact) mass is 371 g/mol. The first-order chi connectivity index (χ1) is 10.4. The van der Waals surface area contributed by atoms with Crippen LogP contribution in [0.5, 0.6) is 0 Å². The van der Waals surface area contributed by atoms with E-state index in [1.54, 1.807) is 12.0 Å². The molecule has 1 aromatic heterocycles. The second-order valence-corrected chi connectivity index (χ2v) is 5.80. The fourth-order valence-electron chi connectivity index (χ4n) is 2.73. The van der Waals surface area contributed by atoms with Crippen LogP contribution in [0.4, 0.5) is 5.82 Å². The molecule has 2 atom stereocenters. The minimum absolute atomic E-state index is 0.0973. The average molecular weight is 372 g/mol. The van der Waals surface area contributed by atoms with Gasteiger partial charge in [-0.25, -0.2) is 4.68 Å². The lowest BCUT2D eigenvalue weighted by Gasteiger charge is -2.22. The van der Waals surface area contributed by atoms with Crippen molar-refractivity contribution in [1.29, 1.82) is 0 Å². The summed E-state index contributed by atoms with van der Waals surface area (Å²) in [6.07, 6.45) is 1.88. The number of carbonyl (C=O) groups excluding carboxylic acids is 2. The summed E-state index contributed by atoms with van der Waals surface area (Å²) in [5, 5.41) is 4.23. The maximum Gasteiger partial charge on any atom is 0.255 e. The summed E-state index contributed by atoms with van der Waals surface area (Å²) in [6, 6.07) is -0.256. The number of nitrogens with zero attached hydrogens (tertiary/aromatic N) is 3. The molecule has 0 aromatic carbocycles. The molecule has 2 amide bonds. The highest BCUT2D eigenvalue weighted by atomic mass is 79.9. The summed E-state index contributed by atoms with van der Waals surface area (Å²) in [5.41, 5.74) is 11.4. The van der Waals surface area contributed by atoms with Gasteiger partial charge < -0.3 is 21.1 Å². The van der Waals surface area contributed by atoms with Gasteiger partial charge in [-0.1, -0.05) is 6.58 Å². The van der Waals surface area contributed by atoms with Crippen molar-refractivity contribution < 1.29 is 14.3 Å². The summed E-state index contributed by atoms with van der Waals surface area (Å²) in [4.78, 5) is 25.0. The second kappa shape index (κ2) is 6.49. The second-order valence-electron chi connectivity index (χ2n) is 5.05. The highest BCUT2D eigenvalue weighted by Gasteiger charge is 2.37. The number of nitrogen functional groups attached to an aromatic ring is 1. The molecule has 1 aromatic rings. The van der Waals surface area contributed by atoms with Crippen LogP contribution in [-0.4, -0.2) is 52.8 Å². The van der Waals surface area contributed by atoms with Crippen molar-refractivity contribution in [1.82, 2.24) is 14.7 Å². The molecule has 0 radical (unpaired) electrons. The molecule has 1 fully saturated rings. The van der Waals surface area contributed by atoms with Crippen molar-refractivity contribution in [2.75, 3.05) is 26.0 Å². The first kappa shape index (κ1) is 16.5. The van der Waals surface area contributed by atoms with Crippen LogP contribution in [0.15, 0.2) is 17.3 Å². The van der Waals surface area contributed by atoms with Gasteiger partial charge in [-0.15, -0.1) is 0 Å². The molecular weight excluding hydrogens is 354 g/mol. The molecule has 8 nitrogen and oxygen atoms in total. The van der Waals surface area contributed by atoms with Crippen molar-refractivity contribution in [2.24, 2.45) is 5.73 Å². The molecule has 9 heteroatoms. The molecule has 1 aliphatic heterocycles. The SMILES string of the molecule is C=CC(=O)N1C[C@@H](n2nc(Br)c(C(N)=O)c2N)C[C@@H]1COC. The predicted octanol–water partition coefficient (Wildman–Crippen LogP) is 0.301. The molecule has 0 bridgehead atoms. The van der Waals surface area contributed by atoms with E-state index in [1.807, 2.05) is 0 Å².